The summed E-state index contributed by atoms with van der Waals surface area (Å²) in [6, 6.07) is 13.4. The van der Waals surface area contributed by atoms with Crippen LogP contribution < -0.4 is 10.1 Å². The lowest BCUT2D eigenvalue weighted by atomic mass is 10.0. The van der Waals surface area contributed by atoms with Crippen molar-refractivity contribution in [3.63, 3.8) is 0 Å². The van der Waals surface area contributed by atoms with Gasteiger partial charge in [-0.1, -0.05) is 32.9 Å². The summed E-state index contributed by atoms with van der Waals surface area (Å²) >= 11 is 0. The summed E-state index contributed by atoms with van der Waals surface area (Å²) in [5.41, 5.74) is 1.96. The smallest absolute Gasteiger partial charge is 0.265 e. The highest BCUT2D eigenvalue weighted by atomic mass is 19.1. The van der Waals surface area contributed by atoms with E-state index in [0.717, 1.165) is 5.69 Å². The molecule has 1 N–H and O–H groups in total. The molecule has 122 valence electrons. The van der Waals surface area contributed by atoms with Crippen molar-refractivity contribution in [3.05, 3.63) is 59.9 Å². The Bertz CT molecular complexity index is 635. The number of amides is 1. The van der Waals surface area contributed by atoms with Gasteiger partial charge in [-0.25, -0.2) is 4.39 Å². The van der Waals surface area contributed by atoms with Gasteiger partial charge in [-0.05, 0) is 54.3 Å². The maximum Gasteiger partial charge on any atom is 0.265 e. The average Bonchev–Trinajstić information content (AvgIpc) is 2.54. The molecule has 0 saturated carbocycles. The Hall–Kier alpha value is -2.36. The SMILES string of the molecule is CCC(Oc1ccc(F)cc1)C(=O)Nc1ccc(C(C)C)cc1. The van der Waals surface area contributed by atoms with Gasteiger partial charge in [0.1, 0.15) is 11.6 Å². The van der Waals surface area contributed by atoms with E-state index in [1.165, 1.54) is 29.8 Å². The molecule has 0 radical (unpaired) electrons. The van der Waals surface area contributed by atoms with Gasteiger partial charge in [0, 0.05) is 5.69 Å². The first-order chi connectivity index (χ1) is 11.0. The van der Waals surface area contributed by atoms with Gasteiger partial charge in [-0.15, -0.1) is 0 Å². The van der Waals surface area contributed by atoms with Gasteiger partial charge in [0.2, 0.25) is 0 Å². The van der Waals surface area contributed by atoms with E-state index in [4.69, 9.17) is 4.74 Å². The molecule has 1 atom stereocenters. The maximum absolute atomic E-state index is 12.9. The highest BCUT2D eigenvalue weighted by Crippen LogP contribution is 2.19. The summed E-state index contributed by atoms with van der Waals surface area (Å²) in [5.74, 6) is 0.378. The van der Waals surface area contributed by atoms with Crippen LogP contribution in [0.15, 0.2) is 48.5 Å². The maximum atomic E-state index is 12.9. The molecule has 0 aromatic heterocycles. The van der Waals surface area contributed by atoms with E-state index in [-0.39, 0.29) is 11.7 Å². The van der Waals surface area contributed by atoms with Crippen LogP contribution in [0.5, 0.6) is 5.75 Å². The Labute approximate surface area is 136 Å². The second-order valence-corrected chi connectivity index (χ2v) is 5.73. The zero-order valence-electron chi connectivity index (χ0n) is 13.7. The second kappa shape index (κ2) is 7.77. The molecule has 0 fully saturated rings. The van der Waals surface area contributed by atoms with Crippen LogP contribution in [-0.4, -0.2) is 12.0 Å². The first-order valence-electron chi connectivity index (χ1n) is 7.82. The van der Waals surface area contributed by atoms with Crippen LogP contribution in [0.4, 0.5) is 10.1 Å². The van der Waals surface area contributed by atoms with E-state index in [2.05, 4.69) is 19.2 Å². The summed E-state index contributed by atoms with van der Waals surface area (Å²) in [5, 5.41) is 2.85. The Kier molecular flexibility index (Phi) is 5.74. The molecule has 0 aliphatic heterocycles. The van der Waals surface area contributed by atoms with Gasteiger partial charge in [-0.2, -0.15) is 0 Å². The van der Waals surface area contributed by atoms with Crippen molar-refractivity contribution < 1.29 is 13.9 Å². The number of benzene rings is 2. The van der Waals surface area contributed by atoms with Crippen molar-refractivity contribution in [2.75, 3.05) is 5.32 Å². The molecule has 4 heteroatoms. The first kappa shape index (κ1) is 17.0. The summed E-state index contributed by atoms with van der Waals surface area (Å²) in [4.78, 5) is 12.3. The minimum atomic E-state index is -0.620. The van der Waals surface area contributed by atoms with Gasteiger partial charge < -0.3 is 10.1 Å². The van der Waals surface area contributed by atoms with Crippen molar-refractivity contribution in [1.82, 2.24) is 0 Å². The first-order valence-corrected chi connectivity index (χ1v) is 7.82. The van der Waals surface area contributed by atoms with E-state index in [0.29, 0.717) is 18.1 Å². The summed E-state index contributed by atoms with van der Waals surface area (Å²) in [6.45, 7) is 6.12. The molecule has 3 nitrogen and oxygen atoms in total. The van der Waals surface area contributed by atoms with Crippen LogP contribution >= 0.6 is 0 Å². The molecule has 1 amide bonds. The summed E-state index contributed by atoms with van der Waals surface area (Å²) in [6.07, 6.45) is -0.0990. The van der Waals surface area contributed by atoms with E-state index in [9.17, 15) is 9.18 Å². The molecule has 1 unspecified atom stereocenters. The zero-order valence-corrected chi connectivity index (χ0v) is 13.7. The summed E-state index contributed by atoms with van der Waals surface area (Å²) < 4.78 is 18.5. The summed E-state index contributed by atoms with van der Waals surface area (Å²) in [7, 11) is 0. The Morgan fingerprint density at radius 3 is 2.22 bits per heavy atom. The second-order valence-electron chi connectivity index (χ2n) is 5.73. The average molecular weight is 315 g/mol. The van der Waals surface area contributed by atoms with Crippen molar-refractivity contribution in [2.24, 2.45) is 0 Å². The number of carbonyl (C=O) groups excluding carboxylic acids is 1. The van der Waals surface area contributed by atoms with E-state index in [1.807, 2.05) is 31.2 Å². The van der Waals surface area contributed by atoms with Gasteiger partial charge in [-0.3, -0.25) is 4.79 Å². The number of anilines is 1. The largest absolute Gasteiger partial charge is 0.481 e. The van der Waals surface area contributed by atoms with Crippen LogP contribution in [0, 0.1) is 5.82 Å². The number of carbonyl (C=O) groups is 1. The van der Waals surface area contributed by atoms with Crippen molar-refractivity contribution >= 4 is 11.6 Å². The predicted octanol–water partition coefficient (Wildman–Crippen LogP) is 4.75. The molecular formula is C19H22FNO2. The minimum Gasteiger partial charge on any atom is -0.481 e. The fourth-order valence-corrected chi connectivity index (χ4v) is 2.17. The molecule has 0 aliphatic carbocycles. The molecule has 2 rings (SSSR count). The Morgan fingerprint density at radius 1 is 1.09 bits per heavy atom. The van der Waals surface area contributed by atoms with Gasteiger partial charge in [0.05, 0.1) is 0 Å². The number of halogens is 1. The van der Waals surface area contributed by atoms with E-state index < -0.39 is 6.10 Å². The number of nitrogens with one attached hydrogen (secondary N) is 1. The third kappa shape index (κ3) is 4.81. The van der Waals surface area contributed by atoms with Crippen LogP contribution in [0.1, 0.15) is 38.7 Å². The lowest BCUT2D eigenvalue weighted by molar-refractivity contribution is -0.122. The third-order valence-corrected chi connectivity index (χ3v) is 3.60. The standard InChI is InChI=1S/C19H22FNO2/c1-4-18(23-17-11-7-15(20)8-12-17)19(22)21-16-9-5-14(6-10-16)13(2)3/h5-13,18H,4H2,1-3H3,(H,21,22). The third-order valence-electron chi connectivity index (χ3n) is 3.60. The van der Waals surface area contributed by atoms with Crippen LogP contribution in [0.2, 0.25) is 0 Å². The highest BCUT2D eigenvalue weighted by molar-refractivity contribution is 5.94. The molecular weight excluding hydrogens is 293 g/mol. The van der Waals surface area contributed by atoms with Gasteiger partial charge in [0.25, 0.3) is 5.91 Å². The topological polar surface area (TPSA) is 38.3 Å². The predicted molar refractivity (Wildman–Crippen MR) is 90.3 cm³/mol. The number of rotatable bonds is 6. The van der Waals surface area contributed by atoms with Crippen molar-refractivity contribution in [1.29, 1.82) is 0 Å². The van der Waals surface area contributed by atoms with Crippen LogP contribution in [0.25, 0.3) is 0 Å². The lowest BCUT2D eigenvalue weighted by Gasteiger charge is -2.17. The zero-order chi connectivity index (χ0) is 16.8. The van der Waals surface area contributed by atoms with Crippen LogP contribution in [-0.2, 0) is 4.79 Å². The quantitative estimate of drug-likeness (QED) is 0.835. The molecule has 0 spiro atoms. The fraction of sp³-hybridized carbons (Fsp3) is 0.316. The molecule has 0 saturated heterocycles. The van der Waals surface area contributed by atoms with Crippen molar-refractivity contribution in [3.8, 4) is 5.75 Å². The Balaban J connectivity index is 2.00. The number of ether oxygens (including phenoxy) is 1. The number of hydrogen-bond acceptors (Lipinski definition) is 2. The van der Waals surface area contributed by atoms with Crippen LogP contribution in [0.3, 0.4) is 0 Å². The molecule has 2 aromatic rings. The monoisotopic (exact) mass is 315 g/mol. The van der Waals surface area contributed by atoms with Gasteiger partial charge in [0.15, 0.2) is 6.10 Å². The molecule has 0 bridgehead atoms. The molecule has 23 heavy (non-hydrogen) atoms. The Morgan fingerprint density at radius 2 is 1.70 bits per heavy atom. The molecule has 0 heterocycles. The van der Waals surface area contributed by atoms with E-state index in [1.54, 1.807) is 0 Å². The fourth-order valence-electron chi connectivity index (χ4n) is 2.17. The highest BCUT2D eigenvalue weighted by Gasteiger charge is 2.18. The minimum absolute atomic E-state index is 0.214. The number of hydrogen-bond donors (Lipinski definition) is 1. The molecule has 2 aromatic carbocycles. The van der Waals surface area contributed by atoms with E-state index >= 15 is 0 Å². The molecule has 0 aliphatic rings. The van der Waals surface area contributed by atoms with Gasteiger partial charge >= 0.3 is 0 Å². The van der Waals surface area contributed by atoms with Crippen molar-refractivity contribution in [2.45, 2.75) is 39.2 Å². The lowest BCUT2D eigenvalue weighted by Crippen LogP contribution is -2.32. The normalized spacial score (nSPS) is 12.0.